The van der Waals surface area contributed by atoms with Crippen LogP contribution in [0.2, 0.25) is 0 Å². The minimum absolute atomic E-state index is 0.599. The van der Waals surface area contributed by atoms with Gasteiger partial charge in [-0.3, -0.25) is 0 Å². The molecule has 0 saturated heterocycles. The molecule has 0 aliphatic rings. The van der Waals surface area contributed by atoms with Crippen LogP contribution in [0.25, 0.3) is 10.9 Å². The Labute approximate surface area is 130 Å². The number of aryl methyl sites for hydroxylation is 2. The van der Waals surface area contributed by atoms with Crippen LogP contribution in [0.4, 0.5) is 0 Å². The van der Waals surface area contributed by atoms with Gasteiger partial charge in [0.05, 0.1) is 12.1 Å². The zero-order valence-electron chi connectivity index (χ0n) is 13.1. The third-order valence-corrected chi connectivity index (χ3v) is 3.49. The molecule has 2 aromatic carbocycles. The highest BCUT2D eigenvalue weighted by Crippen LogP contribution is 2.26. The van der Waals surface area contributed by atoms with Gasteiger partial charge in [0.1, 0.15) is 11.5 Å². The third-order valence-electron chi connectivity index (χ3n) is 3.49. The van der Waals surface area contributed by atoms with E-state index in [0.29, 0.717) is 12.5 Å². The van der Waals surface area contributed by atoms with E-state index in [1.165, 1.54) is 11.1 Å². The standard InChI is InChI=1S/C19H19NO2/c1-4-21-15-5-7-16(8-6-15)22-19-10-9-17-14(3)11-13(2)12-18(17)20-19/h5-12H,4H2,1-3H3. The monoisotopic (exact) mass is 293 g/mol. The minimum atomic E-state index is 0.599. The van der Waals surface area contributed by atoms with E-state index in [1.54, 1.807) is 0 Å². The van der Waals surface area contributed by atoms with Gasteiger partial charge in [-0.15, -0.1) is 0 Å². The molecule has 0 radical (unpaired) electrons. The van der Waals surface area contributed by atoms with Gasteiger partial charge in [-0.1, -0.05) is 6.07 Å². The topological polar surface area (TPSA) is 31.4 Å². The molecule has 1 heterocycles. The summed E-state index contributed by atoms with van der Waals surface area (Å²) < 4.78 is 11.3. The molecule has 0 bridgehead atoms. The number of hydrogen-bond donors (Lipinski definition) is 0. The normalized spacial score (nSPS) is 10.7. The van der Waals surface area contributed by atoms with Crippen LogP contribution in [0, 0.1) is 13.8 Å². The second kappa shape index (κ2) is 6.06. The van der Waals surface area contributed by atoms with Crippen molar-refractivity contribution in [2.45, 2.75) is 20.8 Å². The number of ether oxygens (including phenoxy) is 2. The van der Waals surface area contributed by atoms with Crippen molar-refractivity contribution in [2.24, 2.45) is 0 Å². The largest absolute Gasteiger partial charge is 0.494 e. The van der Waals surface area contributed by atoms with E-state index in [2.05, 4.69) is 37.0 Å². The van der Waals surface area contributed by atoms with Crippen molar-refractivity contribution in [3.8, 4) is 17.4 Å². The van der Waals surface area contributed by atoms with Crippen molar-refractivity contribution in [1.29, 1.82) is 0 Å². The first-order valence-corrected chi connectivity index (χ1v) is 7.44. The van der Waals surface area contributed by atoms with E-state index < -0.39 is 0 Å². The van der Waals surface area contributed by atoms with Crippen molar-refractivity contribution >= 4 is 10.9 Å². The van der Waals surface area contributed by atoms with Crippen LogP contribution in [0.15, 0.2) is 48.5 Å². The highest BCUT2D eigenvalue weighted by molar-refractivity contribution is 5.83. The lowest BCUT2D eigenvalue weighted by molar-refractivity contribution is 0.339. The van der Waals surface area contributed by atoms with Crippen molar-refractivity contribution in [2.75, 3.05) is 6.61 Å². The number of pyridine rings is 1. The third kappa shape index (κ3) is 3.03. The second-order valence-corrected chi connectivity index (χ2v) is 5.30. The fourth-order valence-corrected chi connectivity index (χ4v) is 2.52. The zero-order valence-corrected chi connectivity index (χ0v) is 13.1. The van der Waals surface area contributed by atoms with Gasteiger partial charge in [0.25, 0.3) is 0 Å². The van der Waals surface area contributed by atoms with Crippen molar-refractivity contribution in [3.63, 3.8) is 0 Å². The number of nitrogens with zero attached hydrogens (tertiary/aromatic N) is 1. The molecular formula is C19H19NO2. The van der Waals surface area contributed by atoms with Gasteiger partial charge >= 0.3 is 0 Å². The highest BCUT2D eigenvalue weighted by Gasteiger charge is 2.04. The van der Waals surface area contributed by atoms with Crippen molar-refractivity contribution in [3.05, 3.63) is 59.7 Å². The summed E-state index contributed by atoms with van der Waals surface area (Å²) in [4.78, 5) is 4.60. The Bertz CT molecular complexity index is 794. The van der Waals surface area contributed by atoms with E-state index in [0.717, 1.165) is 22.4 Å². The van der Waals surface area contributed by atoms with Crippen LogP contribution in [0.3, 0.4) is 0 Å². The predicted octanol–water partition coefficient (Wildman–Crippen LogP) is 5.04. The number of aromatic nitrogens is 1. The zero-order chi connectivity index (χ0) is 15.5. The maximum Gasteiger partial charge on any atom is 0.219 e. The molecule has 1 aromatic heterocycles. The van der Waals surface area contributed by atoms with Gasteiger partial charge in [0, 0.05) is 11.5 Å². The van der Waals surface area contributed by atoms with E-state index in [4.69, 9.17) is 9.47 Å². The molecule has 0 unspecified atom stereocenters. The van der Waals surface area contributed by atoms with E-state index in [-0.39, 0.29) is 0 Å². The first-order chi connectivity index (χ1) is 10.7. The number of hydrogen-bond acceptors (Lipinski definition) is 3. The fourth-order valence-electron chi connectivity index (χ4n) is 2.52. The summed E-state index contributed by atoms with van der Waals surface area (Å²) in [5.74, 6) is 2.19. The van der Waals surface area contributed by atoms with Gasteiger partial charge < -0.3 is 9.47 Å². The van der Waals surface area contributed by atoms with Crippen LogP contribution < -0.4 is 9.47 Å². The molecule has 3 heteroatoms. The number of rotatable bonds is 4. The molecule has 0 atom stereocenters. The first kappa shape index (κ1) is 14.4. The average molecular weight is 293 g/mol. The summed E-state index contributed by atoms with van der Waals surface area (Å²) >= 11 is 0. The quantitative estimate of drug-likeness (QED) is 0.675. The van der Waals surface area contributed by atoms with Gasteiger partial charge in [-0.05, 0) is 68.3 Å². The lowest BCUT2D eigenvalue weighted by atomic mass is 10.1. The second-order valence-electron chi connectivity index (χ2n) is 5.30. The van der Waals surface area contributed by atoms with Gasteiger partial charge in [0.15, 0.2) is 0 Å². The van der Waals surface area contributed by atoms with Gasteiger partial charge in [-0.25, -0.2) is 4.98 Å². The molecule has 3 nitrogen and oxygen atoms in total. The lowest BCUT2D eigenvalue weighted by Crippen LogP contribution is -1.92. The average Bonchev–Trinajstić information content (AvgIpc) is 2.49. The summed E-state index contributed by atoms with van der Waals surface area (Å²) in [6.45, 7) is 6.80. The Morgan fingerprint density at radius 2 is 1.64 bits per heavy atom. The Kier molecular flexibility index (Phi) is 3.96. The lowest BCUT2D eigenvalue weighted by Gasteiger charge is -2.09. The molecular weight excluding hydrogens is 274 g/mol. The summed E-state index contributed by atoms with van der Waals surface area (Å²) in [5.41, 5.74) is 3.40. The molecule has 3 rings (SSSR count). The predicted molar refractivity (Wildman–Crippen MR) is 88.9 cm³/mol. The van der Waals surface area contributed by atoms with Gasteiger partial charge in [-0.2, -0.15) is 0 Å². The molecule has 0 saturated carbocycles. The van der Waals surface area contributed by atoms with Crippen LogP contribution >= 0.6 is 0 Å². The summed E-state index contributed by atoms with van der Waals surface area (Å²) in [6, 6.07) is 15.8. The molecule has 0 aliphatic carbocycles. The maximum atomic E-state index is 5.83. The molecule has 22 heavy (non-hydrogen) atoms. The SMILES string of the molecule is CCOc1ccc(Oc2ccc3c(C)cc(C)cc3n2)cc1. The molecule has 0 N–H and O–H groups in total. The molecule has 112 valence electrons. The smallest absolute Gasteiger partial charge is 0.219 e. The Hall–Kier alpha value is -2.55. The van der Waals surface area contributed by atoms with E-state index in [1.807, 2.05) is 37.3 Å². The Morgan fingerprint density at radius 1 is 0.909 bits per heavy atom. The van der Waals surface area contributed by atoms with Crippen molar-refractivity contribution < 1.29 is 9.47 Å². The van der Waals surface area contributed by atoms with Crippen LogP contribution in [0.5, 0.6) is 17.4 Å². The summed E-state index contributed by atoms with van der Waals surface area (Å²) in [7, 11) is 0. The van der Waals surface area contributed by atoms with Crippen molar-refractivity contribution in [1.82, 2.24) is 4.98 Å². The Morgan fingerprint density at radius 3 is 2.36 bits per heavy atom. The van der Waals surface area contributed by atoms with Crippen LogP contribution in [-0.2, 0) is 0 Å². The number of benzene rings is 2. The highest BCUT2D eigenvalue weighted by atomic mass is 16.5. The fraction of sp³-hybridized carbons (Fsp3) is 0.211. The summed E-state index contributed by atoms with van der Waals surface area (Å²) in [6.07, 6.45) is 0. The summed E-state index contributed by atoms with van der Waals surface area (Å²) in [5, 5.41) is 1.16. The number of fused-ring (bicyclic) bond motifs is 1. The molecule has 0 fully saturated rings. The minimum Gasteiger partial charge on any atom is -0.494 e. The van der Waals surface area contributed by atoms with Crippen LogP contribution in [-0.4, -0.2) is 11.6 Å². The molecule has 0 spiro atoms. The van der Waals surface area contributed by atoms with Crippen LogP contribution in [0.1, 0.15) is 18.1 Å². The first-order valence-electron chi connectivity index (χ1n) is 7.44. The molecule has 0 amide bonds. The Balaban J connectivity index is 1.87. The molecule has 3 aromatic rings. The van der Waals surface area contributed by atoms with E-state index >= 15 is 0 Å². The van der Waals surface area contributed by atoms with Gasteiger partial charge in [0.2, 0.25) is 5.88 Å². The maximum absolute atomic E-state index is 5.83. The van der Waals surface area contributed by atoms with E-state index in [9.17, 15) is 0 Å². The molecule has 0 aliphatic heterocycles.